The highest BCUT2D eigenvalue weighted by atomic mass is 16.5. The Hall–Kier alpha value is -2.96. The molecule has 33 heavy (non-hydrogen) atoms. The molecule has 0 N–H and O–H groups in total. The van der Waals surface area contributed by atoms with Crippen LogP contribution in [0.2, 0.25) is 0 Å². The molecule has 1 fully saturated rings. The van der Waals surface area contributed by atoms with Gasteiger partial charge in [0, 0.05) is 18.1 Å². The first-order valence-corrected chi connectivity index (χ1v) is 12.0. The van der Waals surface area contributed by atoms with E-state index in [2.05, 4.69) is 65.2 Å². The van der Waals surface area contributed by atoms with Crippen molar-refractivity contribution in [3.05, 3.63) is 66.0 Å². The Morgan fingerprint density at radius 2 is 1.82 bits per heavy atom. The zero-order valence-corrected chi connectivity index (χ0v) is 19.5. The molecule has 1 aliphatic carbocycles. The van der Waals surface area contributed by atoms with E-state index < -0.39 is 0 Å². The maximum atomic E-state index is 5.63. The SMILES string of the molecule is CCc1nn(C2CCCC2)c2cc(-c3ccnn3-c3ccc(COCCOC)cc3)ccc12. The van der Waals surface area contributed by atoms with E-state index in [-0.39, 0.29) is 0 Å². The summed E-state index contributed by atoms with van der Waals surface area (Å²) in [5.74, 6) is 0. The van der Waals surface area contributed by atoms with Gasteiger partial charge in [0.2, 0.25) is 0 Å². The zero-order chi connectivity index (χ0) is 22.6. The smallest absolute Gasteiger partial charge is 0.0741 e. The summed E-state index contributed by atoms with van der Waals surface area (Å²) in [5, 5.41) is 10.9. The maximum Gasteiger partial charge on any atom is 0.0741 e. The van der Waals surface area contributed by atoms with Crippen LogP contribution < -0.4 is 0 Å². The fraction of sp³-hybridized carbons (Fsp3) is 0.407. The van der Waals surface area contributed by atoms with Crippen LogP contribution in [0, 0.1) is 0 Å². The van der Waals surface area contributed by atoms with Crippen molar-refractivity contribution in [2.45, 2.75) is 51.7 Å². The average molecular weight is 445 g/mol. The number of aryl methyl sites for hydroxylation is 1. The third kappa shape index (κ3) is 4.45. The summed E-state index contributed by atoms with van der Waals surface area (Å²) in [6, 6.07) is 17.7. The molecule has 0 bridgehead atoms. The number of ether oxygens (including phenoxy) is 2. The van der Waals surface area contributed by atoms with Crippen molar-refractivity contribution in [2.24, 2.45) is 0 Å². The number of hydrogen-bond donors (Lipinski definition) is 0. The van der Waals surface area contributed by atoms with Crippen LogP contribution in [0.4, 0.5) is 0 Å². The van der Waals surface area contributed by atoms with E-state index in [0.717, 1.165) is 28.9 Å². The molecule has 4 aromatic rings. The lowest BCUT2D eigenvalue weighted by atomic mass is 10.1. The Morgan fingerprint density at radius 1 is 1.00 bits per heavy atom. The van der Waals surface area contributed by atoms with Gasteiger partial charge in [0.1, 0.15) is 0 Å². The molecule has 0 spiro atoms. The fourth-order valence-electron chi connectivity index (χ4n) is 4.84. The molecular formula is C27H32N4O2. The molecule has 1 saturated carbocycles. The van der Waals surface area contributed by atoms with Gasteiger partial charge in [0.25, 0.3) is 0 Å². The largest absolute Gasteiger partial charge is 0.382 e. The Balaban J connectivity index is 1.45. The lowest BCUT2D eigenvalue weighted by molar-refractivity contribution is 0.0616. The molecule has 2 aromatic heterocycles. The fourth-order valence-corrected chi connectivity index (χ4v) is 4.84. The normalized spacial score (nSPS) is 14.5. The second kappa shape index (κ2) is 9.89. The van der Waals surface area contributed by atoms with Crippen LogP contribution in [0.25, 0.3) is 27.8 Å². The molecular weight excluding hydrogens is 412 g/mol. The lowest BCUT2D eigenvalue weighted by Crippen LogP contribution is -2.07. The number of aromatic nitrogens is 4. The van der Waals surface area contributed by atoms with Crippen molar-refractivity contribution in [2.75, 3.05) is 20.3 Å². The first-order valence-electron chi connectivity index (χ1n) is 12.0. The summed E-state index contributed by atoms with van der Waals surface area (Å²) in [6.45, 7) is 3.98. The van der Waals surface area contributed by atoms with Gasteiger partial charge < -0.3 is 9.47 Å². The van der Waals surface area contributed by atoms with E-state index in [4.69, 9.17) is 14.6 Å². The Kier molecular flexibility index (Phi) is 6.55. The topological polar surface area (TPSA) is 54.1 Å². The number of hydrogen-bond acceptors (Lipinski definition) is 4. The third-order valence-corrected chi connectivity index (χ3v) is 6.61. The minimum Gasteiger partial charge on any atom is -0.382 e. The van der Waals surface area contributed by atoms with Crippen LogP contribution in [-0.2, 0) is 22.5 Å². The molecule has 6 nitrogen and oxygen atoms in total. The van der Waals surface area contributed by atoms with E-state index in [0.29, 0.717) is 25.9 Å². The highest BCUT2D eigenvalue weighted by Gasteiger charge is 2.22. The van der Waals surface area contributed by atoms with Crippen LogP contribution >= 0.6 is 0 Å². The van der Waals surface area contributed by atoms with Gasteiger partial charge in [-0.2, -0.15) is 10.2 Å². The van der Waals surface area contributed by atoms with E-state index in [1.807, 2.05) is 10.9 Å². The highest BCUT2D eigenvalue weighted by Crippen LogP contribution is 2.35. The van der Waals surface area contributed by atoms with Gasteiger partial charge in [-0.1, -0.05) is 44.0 Å². The van der Waals surface area contributed by atoms with Crippen LogP contribution in [0.5, 0.6) is 0 Å². The summed E-state index contributed by atoms with van der Waals surface area (Å²) < 4.78 is 15.0. The minimum absolute atomic E-state index is 0.520. The number of fused-ring (bicyclic) bond motifs is 1. The van der Waals surface area contributed by atoms with Crippen molar-refractivity contribution in [1.82, 2.24) is 19.6 Å². The number of rotatable bonds is 9. The molecule has 0 aliphatic heterocycles. The van der Waals surface area contributed by atoms with Crippen LogP contribution in [0.3, 0.4) is 0 Å². The first kappa shape index (κ1) is 21.9. The number of nitrogens with zero attached hydrogens (tertiary/aromatic N) is 4. The molecule has 2 aromatic carbocycles. The molecule has 0 atom stereocenters. The van der Waals surface area contributed by atoms with Gasteiger partial charge in [0.05, 0.1) is 54.7 Å². The minimum atomic E-state index is 0.520. The van der Waals surface area contributed by atoms with Gasteiger partial charge in [-0.25, -0.2) is 4.68 Å². The molecule has 1 aliphatic rings. The van der Waals surface area contributed by atoms with Gasteiger partial charge in [-0.05, 0) is 49.1 Å². The summed E-state index contributed by atoms with van der Waals surface area (Å²) in [7, 11) is 1.68. The van der Waals surface area contributed by atoms with Crippen molar-refractivity contribution in [3.63, 3.8) is 0 Å². The van der Waals surface area contributed by atoms with Crippen LogP contribution in [0.15, 0.2) is 54.7 Å². The monoisotopic (exact) mass is 444 g/mol. The summed E-state index contributed by atoms with van der Waals surface area (Å²) in [5.41, 5.74) is 6.85. The molecule has 2 heterocycles. The van der Waals surface area contributed by atoms with Crippen LogP contribution in [-0.4, -0.2) is 39.9 Å². The van der Waals surface area contributed by atoms with Gasteiger partial charge in [0.15, 0.2) is 0 Å². The second-order valence-electron chi connectivity index (χ2n) is 8.76. The zero-order valence-electron chi connectivity index (χ0n) is 19.5. The molecule has 0 unspecified atom stereocenters. The van der Waals surface area contributed by atoms with E-state index in [1.165, 1.54) is 42.3 Å². The summed E-state index contributed by atoms with van der Waals surface area (Å²) >= 11 is 0. The van der Waals surface area contributed by atoms with Crippen molar-refractivity contribution in [3.8, 4) is 16.9 Å². The van der Waals surface area contributed by atoms with E-state index in [1.54, 1.807) is 7.11 Å². The predicted molar refractivity (Wildman–Crippen MR) is 131 cm³/mol. The second-order valence-corrected chi connectivity index (χ2v) is 8.76. The average Bonchev–Trinajstić information content (AvgIpc) is 3.61. The Labute approximate surface area is 195 Å². The van der Waals surface area contributed by atoms with E-state index >= 15 is 0 Å². The molecule has 0 radical (unpaired) electrons. The third-order valence-electron chi connectivity index (χ3n) is 6.61. The maximum absolute atomic E-state index is 5.63. The summed E-state index contributed by atoms with van der Waals surface area (Å²) in [6.07, 6.45) is 7.87. The Morgan fingerprint density at radius 3 is 2.58 bits per heavy atom. The number of benzene rings is 2. The predicted octanol–water partition coefficient (Wildman–Crippen LogP) is 5.73. The van der Waals surface area contributed by atoms with Crippen molar-refractivity contribution >= 4 is 10.9 Å². The van der Waals surface area contributed by atoms with Gasteiger partial charge in [-0.15, -0.1) is 0 Å². The molecule has 0 amide bonds. The van der Waals surface area contributed by atoms with Gasteiger partial charge in [-0.3, -0.25) is 4.68 Å². The van der Waals surface area contributed by atoms with Gasteiger partial charge >= 0.3 is 0 Å². The molecule has 5 rings (SSSR count). The Bertz CT molecular complexity index is 1200. The quantitative estimate of drug-likeness (QED) is 0.309. The molecule has 0 saturated heterocycles. The molecule has 172 valence electrons. The van der Waals surface area contributed by atoms with E-state index in [9.17, 15) is 0 Å². The number of methoxy groups -OCH3 is 1. The summed E-state index contributed by atoms with van der Waals surface area (Å²) in [4.78, 5) is 0. The standard InChI is InChI=1S/C27H32N4O2/c1-3-25-24-13-10-21(18-27(24)31(29-25)22-6-4-5-7-22)26-14-15-28-30(26)23-11-8-20(9-12-23)19-33-17-16-32-2/h8-15,18,22H,3-7,16-17,19H2,1-2H3. The lowest BCUT2D eigenvalue weighted by Gasteiger charge is -2.13. The van der Waals surface area contributed by atoms with Crippen LogP contribution in [0.1, 0.15) is 49.9 Å². The highest BCUT2D eigenvalue weighted by molar-refractivity contribution is 5.86. The molecule has 6 heteroatoms. The first-order chi connectivity index (χ1) is 16.3. The van der Waals surface area contributed by atoms with Crippen molar-refractivity contribution in [1.29, 1.82) is 0 Å². The van der Waals surface area contributed by atoms with Crippen molar-refractivity contribution < 1.29 is 9.47 Å².